The summed E-state index contributed by atoms with van der Waals surface area (Å²) in [5.74, 6) is 0. The average Bonchev–Trinajstić information content (AvgIpc) is 3.18. The lowest BCUT2D eigenvalue weighted by Gasteiger charge is -2.33. The van der Waals surface area contributed by atoms with Crippen LogP contribution < -0.4 is 20.8 Å². The summed E-state index contributed by atoms with van der Waals surface area (Å²) in [5.41, 5.74) is 15.4. The number of aryl methyl sites for hydroxylation is 1. The number of nitrogens with one attached hydrogen (secondary N) is 1. The fraction of sp³-hybridized carbons (Fsp3) is 0.120. The largest absolute Gasteiger partial charge is 0.361 e. The van der Waals surface area contributed by atoms with Crippen LogP contribution in [0.4, 0.5) is 5.69 Å². The minimum atomic E-state index is -1.90. The molecule has 0 atom stereocenters. The normalized spacial score (nSPS) is 14.2. The summed E-state index contributed by atoms with van der Waals surface area (Å²) in [6, 6.07) is 19.4. The smallest absolute Gasteiger partial charge is 0.113 e. The molecule has 1 aromatic heterocycles. The van der Waals surface area contributed by atoms with Crippen molar-refractivity contribution in [3.63, 3.8) is 0 Å². The van der Waals surface area contributed by atoms with Crippen molar-refractivity contribution in [2.24, 2.45) is 5.11 Å². The van der Waals surface area contributed by atoms with E-state index in [1.54, 1.807) is 0 Å². The number of aromatic amines is 1. The van der Waals surface area contributed by atoms with Gasteiger partial charge in [0.2, 0.25) is 0 Å². The van der Waals surface area contributed by atoms with Crippen molar-refractivity contribution >= 4 is 47.2 Å². The molecule has 146 valence electrons. The van der Waals surface area contributed by atoms with Crippen molar-refractivity contribution in [2.75, 3.05) is 0 Å². The first-order valence-electron chi connectivity index (χ1n) is 10.0. The topological polar surface area (TPSA) is 64.6 Å². The summed E-state index contributed by atoms with van der Waals surface area (Å²) in [6.45, 7) is 11.2. The van der Waals surface area contributed by atoms with Gasteiger partial charge in [-0.05, 0) is 68.2 Å². The van der Waals surface area contributed by atoms with Crippen molar-refractivity contribution < 1.29 is 0 Å². The molecule has 0 fully saturated rings. The second-order valence-electron chi connectivity index (χ2n) is 8.55. The van der Waals surface area contributed by atoms with Gasteiger partial charge in [0.05, 0.1) is 0 Å². The Kier molecular flexibility index (Phi) is 4.00. The number of rotatable bonds is 2. The van der Waals surface area contributed by atoms with Crippen LogP contribution in [0.2, 0.25) is 13.1 Å². The third-order valence-electron chi connectivity index (χ3n) is 6.23. The van der Waals surface area contributed by atoms with Crippen LogP contribution in [-0.4, -0.2) is 13.1 Å². The van der Waals surface area contributed by atoms with E-state index in [0.717, 1.165) is 21.7 Å². The lowest BCUT2D eigenvalue weighted by atomic mass is 9.91. The summed E-state index contributed by atoms with van der Waals surface area (Å²) in [5, 5.41) is 10.2. The number of fused-ring (bicyclic) bond motifs is 3. The van der Waals surface area contributed by atoms with Gasteiger partial charge in [-0.3, -0.25) is 0 Å². The van der Waals surface area contributed by atoms with Gasteiger partial charge >= 0.3 is 0 Å². The van der Waals surface area contributed by atoms with Gasteiger partial charge in [-0.2, -0.15) is 0 Å². The summed E-state index contributed by atoms with van der Waals surface area (Å²) in [4.78, 5) is 6.30. The van der Waals surface area contributed by atoms with Crippen molar-refractivity contribution in [3.8, 4) is 0 Å². The van der Waals surface area contributed by atoms with Crippen LogP contribution >= 0.6 is 0 Å². The molecule has 1 aliphatic rings. The number of hydrogen-bond acceptors (Lipinski definition) is 1. The highest BCUT2D eigenvalue weighted by molar-refractivity contribution is 7.01. The van der Waals surface area contributed by atoms with E-state index in [9.17, 15) is 0 Å². The van der Waals surface area contributed by atoms with E-state index >= 15 is 0 Å². The van der Waals surface area contributed by atoms with E-state index in [4.69, 9.17) is 5.53 Å². The highest BCUT2D eigenvalue weighted by Gasteiger charge is 2.35. The van der Waals surface area contributed by atoms with Gasteiger partial charge in [0, 0.05) is 27.7 Å². The standard InChI is InChI=1S/C25H22N4Si/c1-15-5-7-19-23(11-15)30(3,4)24-12-16(2)6-8-20(24)25(19)21-13-17(28-29-26)14-22-18(21)9-10-27-22/h5-14,27H,1H2,2-4H3. The molecule has 1 aliphatic heterocycles. The van der Waals surface area contributed by atoms with Crippen LogP contribution in [0.1, 0.15) is 16.7 Å². The molecule has 0 amide bonds. The maximum absolute atomic E-state index is 9.03. The molecule has 4 nitrogen and oxygen atoms in total. The highest BCUT2D eigenvalue weighted by Crippen LogP contribution is 2.33. The minimum absolute atomic E-state index is 0.612. The minimum Gasteiger partial charge on any atom is -0.361 e. The van der Waals surface area contributed by atoms with Crippen LogP contribution in [0.5, 0.6) is 0 Å². The lowest BCUT2D eigenvalue weighted by Crippen LogP contribution is -2.63. The Morgan fingerprint density at radius 3 is 2.60 bits per heavy atom. The monoisotopic (exact) mass is 406 g/mol. The van der Waals surface area contributed by atoms with E-state index < -0.39 is 8.07 Å². The first-order chi connectivity index (χ1) is 14.4. The number of benzene rings is 3. The zero-order chi connectivity index (χ0) is 21.0. The van der Waals surface area contributed by atoms with E-state index in [1.807, 2.05) is 18.3 Å². The Labute approximate surface area is 175 Å². The van der Waals surface area contributed by atoms with Crippen LogP contribution in [-0.2, 0) is 0 Å². The Morgan fingerprint density at radius 2 is 1.80 bits per heavy atom. The molecular weight excluding hydrogens is 384 g/mol. The molecule has 0 saturated carbocycles. The summed E-state index contributed by atoms with van der Waals surface area (Å²) >= 11 is 0. The predicted molar refractivity (Wildman–Crippen MR) is 128 cm³/mol. The van der Waals surface area contributed by atoms with Crippen LogP contribution in [0.15, 0.2) is 65.9 Å². The second kappa shape index (κ2) is 6.49. The van der Waals surface area contributed by atoms with E-state index in [1.165, 1.54) is 32.3 Å². The lowest BCUT2D eigenvalue weighted by molar-refractivity contribution is 1.42. The third-order valence-corrected chi connectivity index (χ3v) is 9.75. The highest BCUT2D eigenvalue weighted by atomic mass is 28.3. The second-order valence-corrected chi connectivity index (χ2v) is 12.9. The molecule has 3 aromatic carbocycles. The third kappa shape index (κ3) is 2.64. The zero-order valence-corrected chi connectivity index (χ0v) is 18.3. The number of hydrogen-bond donors (Lipinski definition) is 1. The molecule has 5 rings (SSSR count). The Morgan fingerprint density at radius 1 is 0.967 bits per heavy atom. The van der Waals surface area contributed by atoms with Crippen molar-refractivity contribution in [2.45, 2.75) is 20.0 Å². The first-order valence-corrected chi connectivity index (χ1v) is 13.0. The number of H-pyrrole nitrogens is 1. The molecular formula is C25H22N4Si. The van der Waals surface area contributed by atoms with Crippen LogP contribution in [0.25, 0.3) is 33.5 Å². The quantitative estimate of drug-likeness (QED) is 0.224. The van der Waals surface area contributed by atoms with Crippen LogP contribution in [0.3, 0.4) is 0 Å². The van der Waals surface area contributed by atoms with Gasteiger partial charge in [-0.25, -0.2) is 0 Å². The van der Waals surface area contributed by atoms with E-state index in [-0.39, 0.29) is 0 Å². The Balaban J connectivity index is 2.02. The summed E-state index contributed by atoms with van der Waals surface area (Å²) < 4.78 is 0. The van der Waals surface area contributed by atoms with E-state index in [0.29, 0.717) is 5.69 Å². The SMILES string of the molecule is C=c1ccc2c(c1)[Si](C)(C)c1cc(C)ccc1C=2c1cc(N=[N+]=[N-])cc2[nH]ccc12. The number of nitrogens with zero attached hydrogens (tertiary/aromatic N) is 3. The fourth-order valence-corrected chi connectivity index (χ4v) is 7.96. The van der Waals surface area contributed by atoms with Gasteiger partial charge in [-0.15, -0.1) is 0 Å². The molecule has 0 unspecified atom stereocenters. The predicted octanol–water partition coefficient (Wildman–Crippen LogP) is 4.21. The van der Waals surface area contributed by atoms with E-state index in [2.05, 4.69) is 84.1 Å². The molecule has 0 aliphatic carbocycles. The molecule has 0 spiro atoms. The van der Waals surface area contributed by atoms with Gasteiger partial charge < -0.3 is 4.98 Å². The molecule has 4 aromatic rings. The van der Waals surface area contributed by atoms with Gasteiger partial charge in [0.1, 0.15) is 8.07 Å². The summed E-state index contributed by atoms with van der Waals surface area (Å²) in [7, 11) is -1.90. The fourth-order valence-electron chi connectivity index (χ4n) is 4.77. The van der Waals surface area contributed by atoms with Crippen molar-refractivity contribution in [1.29, 1.82) is 0 Å². The van der Waals surface area contributed by atoms with Crippen LogP contribution in [0, 0.1) is 6.92 Å². The maximum atomic E-state index is 9.03. The summed E-state index contributed by atoms with van der Waals surface area (Å²) in [6.07, 6.45) is 1.94. The van der Waals surface area contributed by atoms with Gasteiger partial charge in [0.25, 0.3) is 0 Å². The first kappa shape index (κ1) is 18.5. The molecule has 0 radical (unpaired) electrons. The molecule has 5 heteroatoms. The van der Waals surface area contributed by atoms with Crippen molar-refractivity contribution in [1.82, 2.24) is 4.98 Å². The maximum Gasteiger partial charge on any atom is 0.113 e. The number of aromatic nitrogens is 1. The number of azide groups is 1. The zero-order valence-electron chi connectivity index (χ0n) is 17.3. The average molecular weight is 407 g/mol. The van der Waals surface area contributed by atoms with Gasteiger partial charge in [-0.1, -0.05) is 66.7 Å². The van der Waals surface area contributed by atoms with Gasteiger partial charge in [0.15, 0.2) is 0 Å². The molecule has 2 heterocycles. The molecule has 0 saturated heterocycles. The van der Waals surface area contributed by atoms with Crippen molar-refractivity contribution in [3.05, 3.63) is 98.4 Å². The molecule has 0 bridgehead atoms. The Bertz CT molecular complexity index is 1500. The Hall–Kier alpha value is -3.53. The molecule has 30 heavy (non-hydrogen) atoms. The molecule has 1 N–H and O–H groups in total.